The third-order valence-corrected chi connectivity index (χ3v) is 14.6. The van der Waals surface area contributed by atoms with E-state index in [1.54, 1.807) is 0 Å². The standard InChI is InChI=1S/C21H20.C15H14O.C14H12O.C14H14.C8H10/c1-13-9-10-17-18(11-13)21(3,4)19-12-14(2)15-7-5-6-8-16(15)20(17)19;1-10(2)11-7-5-9-14-15(11)12-6-3-4-8-13(12)16-14;1-2-10-6-5-9-13-14(10)11-7-3-4-8-12(11)15-13;1-11-8-9-14(12(2)10-11)13-6-4-3-5-7-13;1-7-4-3-5-8(2)6-7/h5-12H,1-4H3;3-10H,1-2H3;3-9H,2H2,1H3;3-10H,1-2H3;3-6H,1-2H3. The number of hydrogen-bond acceptors (Lipinski definition) is 2. The van der Waals surface area contributed by atoms with Crippen LogP contribution in [0.1, 0.15) is 96.2 Å². The monoisotopic (exact) mass is 967 g/mol. The Bertz CT molecular complexity index is 3880. The molecule has 2 heteroatoms. The van der Waals surface area contributed by atoms with E-state index < -0.39 is 0 Å². The maximum Gasteiger partial charge on any atom is 0.135 e. The van der Waals surface area contributed by atoms with Gasteiger partial charge in [-0.25, -0.2) is 0 Å². The van der Waals surface area contributed by atoms with Gasteiger partial charge in [0.05, 0.1) is 0 Å². The van der Waals surface area contributed by atoms with Crippen molar-refractivity contribution in [1.29, 1.82) is 0 Å². The summed E-state index contributed by atoms with van der Waals surface area (Å²) in [5.74, 6) is 0.518. The average Bonchev–Trinajstić information content (AvgIpc) is 4.05. The molecule has 0 amide bonds. The van der Waals surface area contributed by atoms with Crippen LogP contribution in [0.4, 0.5) is 0 Å². The second-order valence-corrected chi connectivity index (χ2v) is 20.9. The molecule has 0 saturated heterocycles. The Morgan fingerprint density at radius 2 is 0.892 bits per heavy atom. The third-order valence-electron chi connectivity index (χ3n) is 14.6. The van der Waals surface area contributed by atoms with Gasteiger partial charge in [-0.2, -0.15) is 0 Å². The Kier molecular flexibility index (Phi) is 15.2. The van der Waals surface area contributed by atoms with Gasteiger partial charge < -0.3 is 8.83 Å². The molecule has 0 spiro atoms. The quantitative estimate of drug-likeness (QED) is 0.176. The van der Waals surface area contributed by atoms with E-state index in [2.05, 4.69) is 240 Å². The molecule has 370 valence electrons. The van der Waals surface area contributed by atoms with Gasteiger partial charge in [-0.05, 0) is 145 Å². The van der Waals surface area contributed by atoms with E-state index in [1.165, 1.54) is 110 Å². The van der Waals surface area contributed by atoms with Crippen LogP contribution in [0.15, 0.2) is 215 Å². The predicted octanol–water partition coefficient (Wildman–Crippen LogP) is 20.9. The van der Waals surface area contributed by atoms with Gasteiger partial charge >= 0.3 is 0 Å². The molecule has 10 aromatic carbocycles. The molecule has 0 unspecified atom stereocenters. The number of fused-ring (bicyclic) bond motifs is 11. The van der Waals surface area contributed by atoms with Gasteiger partial charge in [-0.15, -0.1) is 0 Å². The van der Waals surface area contributed by atoms with Crippen LogP contribution in [0.25, 0.3) is 76.9 Å². The molecule has 1 aliphatic carbocycles. The lowest BCUT2D eigenvalue weighted by molar-refractivity contribution is 0.659. The molecule has 2 aromatic heterocycles. The molecule has 12 aromatic rings. The molecule has 2 nitrogen and oxygen atoms in total. The van der Waals surface area contributed by atoms with Gasteiger partial charge in [0.2, 0.25) is 0 Å². The first-order valence-corrected chi connectivity index (χ1v) is 26.3. The molecular formula is C72H70O2. The maximum atomic E-state index is 5.84. The van der Waals surface area contributed by atoms with Gasteiger partial charge in [0.15, 0.2) is 0 Å². The number of para-hydroxylation sites is 2. The zero-order valence-corrected chi connectivity index (χ0v) is 45.2. The zero-order valence-electron chi connectivity index (χ0n) is 45.2. The Balaban J connectivity index is 0.000000117. The SMILES string of the molecule is CC(C)c1cccc2oc3ccccc3c12.CCc1cccc2oc3ccccc3c12.Cc1ccc(-c2ccccc2)c(C)c1.Cc1ccc2c(c1)C(C)(C)c1cc(C)c3ccccc3c1-2.Cc1cccc(C)c1. The van der Waals surface area contributed by atoms with E-state index in [-0.39, 0.29) is 5.41 Å². The fourth-order valence-corrected chi connectivity index (χ4v) is 10.9. The Labute approximate surface area is 439 Å². The Morgan fingerprint density at radius 3 is 1.49 bits per heavy atom. The summed E-state index contributed by atoms with van der Waals surface area (Å²) in [7, 11) is 0. The van der Waals surface area contributed by atoms with Crippen LogP contribution < -0.4 is 0 Å². The fraction of sp³-hybridized carbons (Fsp3) is 0.194. The Hall–Kier alpha value is -7.94. The second kappa shape index (κ2) is 22.0. The average molecular weight is 967 g/mol. The maximum absolute atomic E-state index is 5.84. The molecule has 0 N–H and O–H groups in total. The number of benzene rings is 10. The molecule has 0 radical (unpaired) electrons. The van der Waals surface area contributed by atoms with Crippen molar-refractivity contribution in [2.45, 2.75) is 93.9 Å². The summed E-state index contributed by atoms with van der Waals surface area (Å²) in [6, 6.07) is 72.7. The van der Waals surface area contributed by atoms with Crippen LogP contribution in [0.3, 0.4) is 0 Å². The van der Waals surface area contributed by atoms with Crippen molar-refractivity contribution in [2.24, 2.45) is 0 Å². The smallest absolute Gasteiger partial charge is 0.135 e. The number of hydrogen-bond donors (Lipinski definition) is 0. The van der Waals surface area contributed by atoms with Crippen molar-refractivity contribution in [2.75, 3.05) is 0 Å². The molecule has 13 rings (SSSR count). The van der Waals surface area contributed by atoms with E-state index in [9.17, 15) is 0 Å². The van der Waals surface area contributed by atoms with Crippen LogP contribution >= 0.6 is 0 Å². The lowest BCUT2D eigenvalue weighted by atomic mass is 9.81. The highest BCUT2D eigenvalue weighted by atomic mass is 16.3. The molecule has 0 bridgehead atoms. The van der Waals surface area contributed by atoms with Crippen molar-refractivity contribution in [3.8, 4) is 22.3 Å². The molecule has 0 aliphatic heterocycles. The highest BCUT2D eigenvalue weighted by Gasteiger charge is 2.36. The van der Waals surface area contributed by atoms with Crippen LogP contribution in [0, 0.1) is 41.5 Å². The van der Waals surface area contributed by atoms with Crippen LogP contribution in [-0.2, 0) is 11.8 Å². The minimum absolute atomic E-state index is 0.0888. The van der Waals surface area contributed by atoms with Crippen LogP contribution in [-0.4, -0.2) is 0 Å². The molecule has 0 fully saturated rings. The summed E-state index contributed by atoms with van der Waals surface area (Å²) < 4.78 is 11.6. The van der Waals surface area contributed by atoms with Gasteiger partial charge in [0, 0.05) is 27.0 Å². The largest absolute Gasteiger partial charge is 0.456 e. The molecule has 1 aliphatic rings. The van der Waals surface area contributed by atoms with Crippen LogP contribution in [0.2, 0.25) is 0 Å². The minimum atomic E-state index is 0.0888. The summed E-state index contributed by atoms with van der Waals surface area (Å²) in [5, 5.41) is 7.76. The topological polar surface area (TPSA) is 26.3 Å². The van der Waals surface area contributed by atoms with Crippen molar-refractivity contribution in [3.63, 3.8) is 0 Å². The van der Waals surface area contributed by atoms with Gasteiger partial charge in [0.1, 0.15) is 22.3 Å². The van der Waals surface area contributed by atoms with Crippen molar-refractivity contribution in [3.05, 3.63) is 262 Å². The molecule has 74 heavy (non-hydrogen) atoms. The van der Waals surface area contributed by atoms with Crippen molar-refractivity contribution in [1.82, 2.24) is 0 Å². The first-order chi connectivity index (χ1) is 35.7. The number of furan rings is 2. The Morgan fingerprint density at radius 1 is 0.392 bits per heavy atom. The summed E-state index contributed by atoms with van der Waals surface area (Å²) in [5.41, 5.74) is 23.2. The normalized spacial score (nSPS) is 12.0. The number of aryl methyl sites for hydroxylation is 7. The van der Waals surface area contributed by atoms with Crippen LogP contribution in [0.5, 0.6) is 0 Å². The molecular weight excluding hydrogens is 897 g/mol. The van der Waals surface area contributed by atoms with E-state index in [0.29, 0.717) is 5.92 Å². The van der Waals surface area contributed by atoms with E-state index >= 15 is 0 Å². The molecule has 0 atom stereocenters. The highest BCUT2D eigenvalue weighted by Crippen LogP contribution is 2.52. The third kappa shape index (κ3) is 10.6. The zero-order chi connectivity index (χ0) is 52.1. The first-order valence-electron chi connectivity index (χ1n) is 26.3. The van der Waals surface area contributed by atoms with Crippen molar-refractivity contribution < 1.29 is 8.83 Å². The molecule has 0 saturated carbocycles. The van der Waals surface area contributed by atoms with Gasteiger partial charge in [-0.1, -0.05) is 239 Å². The van der Waals surface area contributed by atoms with E-state index in [1.807, 2.05) is 42.5 Å². The fourth-order valence-electron chi connectivity index (χ4n) is 10.9. The molecule has 2 heterocycles. The summed E-state index contributed by atoms with van der Waals surface area (Å²) in [4.78, 5) is 0. The lowest BCUT2D eigenvalue weighted by Crippen LogP contribution is -2.15. The van der Waals surface area contributed by atoms with Crippen molar-refractivity contribution >= 4 is 54.6 Å². The second-order valence-electron chi connectivity index (χ2n) is 20.9. The van der Waals surface area contributed by atoms with E-state index in [0.717, 1.165) is 28.8 Å². The van der Waals surface area contributed by atoms with Gasteiger partial charge in [0.25, 0.3) is 0 Å². The lowest BCUT2D eigenvalue weighted by Gasteiger charge is -2.22. The minimum Gasteiger partial charge on any atom is -0.456 e. The predicted molar refractivity (Wildman–Crippen MR) is 319 cm³/mol. The number of rotatable bonds is 3. The summed E-state index contributed by atoms with van der Waals surface area (Å²) >= 11 is 0. The summed E-state index contributed by atoms with van der Waals surface area (Å²) in [6.07, 6.45) is 1.04. The van der Waals surface area contributed by atoms with E-state index in [4.69, 9.17) is 8.83 Å². The first kappa shape index (κ1) is 51.0. The summed E-state index contributed by atoms with van der Waals surface area (Å²) in [6.45, 7) is 24.2. The van der Waals surface area contributed by atoms with Gasteiger partial charge in [-0.3, -0.25) is 0 Å². The highest BCUT2D eigenvalue weighted by molar-refractivity contribution is 6.08.